The van der Waals surface area contributed by atoms with Crippen molar-refractivity contribution in [3.63, 3.8) is 0 Å². The number of aliphatic imine (C=N–C) groups is 1. The Morgan fingerprint density at radius 3 is 1.50 bits per heavy atom. The van der Waals surface area contributed by atoms with Crippen molar-refractivity contribution >= 4 is 40.9 Å². The third-order valence-electron chi connectivity index (χ3n) is 0.472. The number of hydrogen-bond donors (Lipinski definition) is 1. The molecular formula is C6H9Cl3F4N2O. The molecule has 0 bridgehead atoms. The summed E-state index contributed by atoms with van der Waals surface area (Å²) in [6, 6.07) is 0. The smallest absolute Gasteiger partial charge is 0.258 e. The second-order valence-electron chi connectivity index (χ2n) is 1.70. The van der Waals surface area contributed by atoms with Gasteiger partial charge in [0.15, 0.2) is 4.30 Å². The van der Waals surface area contributed by atoms with E-state index in [1.165, 1.54) is 0 Å². The zero-order valence-corrected chi connectivity index (χ0v) is 9.99. The third-order valence-corrected chi connectivity index (χ3v) is 0.472. The molecule has 0 unspecified atom stereocenters. The number of carbonyl (C=O) groups excluding carboxylic acids is 1. The maximum absolute atomic E-state index is 10.9. The molecule has 0 rings (SSSR count). The van der Waals surface area contributed by atoms with Crippen LogP contribution in [0.4, 0.5) is 17.6 Å². The van der Waals surface area contributed by atoms with Crippen LogP contribution < -0.4 is 5.73 Å². The lowest BCUT2D eigenvalue weighted by molar-refractivity contribution is 0.158. The standard InChI is InChI=1S/C3H3F2NO.C2H5F2N.CHCl3/c4-3(5)1-6-2-7;3-2(4)1-5;2-1(3)4/h3H,1H2;2H,1,5H2;1H. The maximum atomic E-state index is 10.9. The molecule has 0 spiro atoms. The summed E-state index contributed by atoms with van der Waals surface area (Å²) in [5.41, 5.74) is 4.42. The first-order chi connectivity index (χ1) is 7.27. The number of hydrogen-bond acceptors (Lipinski definition) is 3. The summed E-state index contributed by atoms with van der Waals surface area (Å²) in [7, 11) is 0. The molecule has 10 heteroatoms. The van der Waals surface area contributed by atoms with Crippen LogP contribution >= 0.6 is 34.8 Å². The van der Waals surface area contributed by atoms with E-state index >= 15 is 0 Å². The van der Waals surface area contributed by atoms with E-state index in [4.69, 9.17) is 39.6 Å². The largest absolute Gasteiger partial charge is 0.325 e. The molecular weight excluding hydrogens is 298 g/mol. The summed E-state index contributed by atoms with van der Waals surface area (Å²) >= 11 is 14.4. The molecule has 3 nitrogen and oxygen atoms in total. The average Bonchev–Trinajstić information content (AvgIpc) is 2.14. The fourth-order valence-corrected chi connectivity index (χ4v) is 0.106. The van der Waals surface area contributed by atoms with Crippen LogP contribution in [0.25, 0.3) is 0 Å². The predicted molar refractivity (Wildman–Crippen MR) is 55.4 cm³/mol. The van der Waals surface area contributed by atoms with Gasteiger partial charge in [-0.25, -0.2) is 22.4 Å². The summed E-state index contributed by atoms with van der Waals surface area (Å²) in [5, 5.41) is 0. The maximum Gasteiger partial charge on any atom is 0.258 e. The van der Waals surface area contributed by atoms with E-state index in [1.54, 1.807) is 0 Å². The number of nitrogens with two attached hydrogens (primary N) is 1. The van der Waals surface area contributed by atoms with Crippen molar-refractivity contribution in [1.29, 1.82) is 0 Å². The fourth-order valence-electron chi connectivity index (χ4n) is 0.106. The highest BCUT2D eigenvalue weighted by Gasteiger charge is 1.96. The van der Waals surface area contributed by atoms with Gasteiger partial charge >= 0.3 is 0 Å². The lowest BCUT2D eigenvalue weighted by Crippen LogP contribution is -2.08. The van der Waals surface area contributed by atoms with Crippen LogP contribution in [0.1, 0.15) is 0 Å². The van der Waals surface area contributed by atoms with Gasteiger partial charge in [0.25, 0.3) is 12.9 Å². The van der Waals surface area contributed by atoms with Gasteiger partial charge in [0.2, 0.25) is 6.08 Å². The van der Waals surface area contributed by atoms with Crippen molar-refractivity contribution in [3.8, 4) is 0 Å². The van der Waals surface area contributed by atoms with Crippen molar-refractivity contribution in [2.75, 3.05) is 13.1 Å². The molecule has 0 atom stereocenters. The average molecular weight is 308 g/mol. The van der Waals surface area contributed by atoms with E-state index in [0.717, 1.165) is 6.08 Å². The van der Waals surface area contributed by atoms with Gasteiger partial charge in [-0.1, -0.05) is 34.8 Å². The SMILES string of the molecule is ClC(Cl)Cl.NCC(F)F.O=C=NCC(F)F. The molecule has 0 saturated carbocycles. The van der Waals surface area contributed by atoms with Crippen molar-refractivity contribution < 1.29 is 22.4 Å². The van der Waals surface area contributed by atoms with E-state index in [9.17, 15) is 17.6 Å². The predicted octanol–water partition coefficient (Wildman–Crippen LogP) is 2.78. The van der Waals surface area contributed by atoms with Gasteiger partial charge in [-0.2, -0.15) is 4.99 Å². The molecule has 0 amide bonds. The summed E-state index contributed by atoms with van der Waals surface area (Å²) in [4.78, 5) is 11.7. The van der Waals surface area contributed by atoms with Gasteiger partial charge in [-0.05, 0) is 0 Å². The topological polar surface area (TPSA) is 55.5 Å². The highest BCUT2D eigenvalue weighted by Crippen LogP contribution is 2.03. The minimum atomic E-state index is -2.53. The lowest BCUT2D eigenvalue weighted by atomic mass is 10.7. The molecule has 0 aromatic carbocycles. The first-order valence-electron chi connectivity index (χ1n) is 3.50. The van der Waals surface area contributed by atoms with Crippen LogP contribution in [-0.4, -0.2) is 36.3 Å². The molecule has 0 aliphatic heterocycles. The summed E-state index contributed by atoms with van der Waals surface area (Å²) in [6.45, 7) is -1.26. The van der Waals surface area contributed by atoms with Crippen molar-refractivity contribution in [1.82, 2.24) is 0 Å². The van der Waals surface area contributed by atoms with E-state index in [0.29, 0.717) is 0 Å². The Morgan fingerprint density at radius 1 is 1.12 bits per heavy atom. The Kier molecular flexibility index (Phi) is 23.0. The Morgan fingerprint density at radius 2 is 1.44 bits per heavy atom. The zero-order chi connectivity index (χ0) is 13.6. The Balaban J connectivity index is -0.000000166. The van der Waals surface area contributed by atoms with Gasteiger partial charge in [-0.15, -0.1) is 0 Å². The van der Waals surface area contributed by atoms with E-state index < -0.39 is 30.2 Å². The fraction of sp³-hybridized carbons (Fsp3) is 0.833. The van der Waals surface area contributed by atoms with E-state index in [2.05, 4.69) is 10.7 Å². The Hall–Kier alpha value is -0.0700. The van der Waals surface area contributed by atoms with Gasteiger partial charge in [0, 0.05) is 0 Å². The van der Waals surface area contributed by atoms with E-state index in [1.807, 2.05) is 0 Å². The van der Waals surface area contributed by atoms with Gasteiger partial charge in [-0.3, -0.25) is 0 Å². The van der Waals surface area contributed by atoms with Crippen LogP contribution in [0.3, 0.4) is 0 Å². The molecule has 0 fully saturated rings. The molecule has 0 aromatic rings. The monoisotopic (exact) mass is 306 g/mol. The first kappa shape index (κ1) is 21.2. The molecule has 16 heavy (non-hydrogen) atoms. The number of nitrogens with zero attached hydrogens (tertiary/aromatic N) is 1. The highest BCUT2D eigenvalue weighted by molar-refractivity contribution is 6.63. The number of rotatable bonds is 3. The number of halogens is 7. The summed E-state index contributed by atoms with van der Waals surface area (Å²) in [6.07, 6.45) is -3.87. The van der Waals surface area contributed by atoms with Gasteiger partial charge in [0.05, 0.1) is 6.54 Å². The molecule has 0 aromatic heterocycles. The summed E-state index contributed by atoms with van der Waals surface area (Å²) in [5.74, 6) is 0. The van der Waals surface area contributed by atoms with E-state index in [-0.39, 0.29) is 0 Å². The lowest BCUT2D eigenvalue weighted by Gasteiger charge is -1.82. The van der Waals surface area contributed by atoms with Crippen molar-refractivity contribution in [2.24, 2.45) is 10.7 Å². The highest BCUT2D eigenvalue weighted by atomic mass is 35.6. The van der Waals surface area contributed by atoms with Crippen LogP contribution in [0.5, 0.6) is 0 Å². The molecule has 0 radical (unpaired) electrons. The normalized spacial score (nSPS) is 8.94. The quantitative estimate of drug-likeness (QED) is 0.377. The molecule has 0 heterocycles. The minimum absolute atomic E-state index is 0.528. The van der Waals surface area contributed by atoms with Crippen LogP contribution in [0.2, 0.25) is 0 Å². The first-order valence-corrected chi connectivity index (χ1v) is 4.81. The molecule has 0 saturated heterocycles. The number of isocyanates is 1. The Labute approximate surface area is 105 Å². The van der Waals surface area contributed by atoms with Gasteiger partial charge < -0.3 is 5.73 Å². The molecule has 98 valence electrons. The van der Waals surface area contributed by atoms with Crippen LogP contribution in [-0.2, 0) is 4.79 Å². The van der Waals surface area contributed by atoms with Crippen molar-refractivity contribution in [3.05, 3.63) is 0 Å². The van der Waals surface area contributed by atoms with Crippen LogP contribution in [0, 0.1) is 0 Å². The molecule has 0 aliphatic carbocycles. The minimum Gasteiger partial charge on any atom is -0.325 e. The molecule has 0 aliphatic rings. The van der Waals surface area contributed by atoms with Crippen molar-refractivity contribution in [2.45, 2.75) is 17.1 Å². The second-order valence-corrected chi connectivity index (χ2v) is 3.68. The van der Waals surface area contributed by atoms with Gasteiger partial charge in [0.1, 0.15) is 6.54 Å². The third kappa shape index (κ3) is 66.2. The summed E-state index contributed by atoms with van der Waals surface area (Å²) < 4.78 is 42.4. The van der Waals surface area contributed by atoms with Crippen LogP contribution in [0.15, 0.2) is 4.99 Å². The Bertz CT molecular complexity index is 176. The molecule has 2 N–H and O–H groups in total. The number of alkyl halides is 7. The second kappa shape index (κ2) is 17.3. The zero-order valence-electron chi connectivity index (χ0n) is 7.72.